The Morgan fingerprint density at radius 2 is 2.10 bits per heavy atom. The van der Waals surface area contributed by atoms with Crippen LogP contribution >= 0.6 is 11.6 Å². The Balaban J connectivity index is 2.17. The van der Waals surface area contributed by atoms with Crippen molar-refractivity contribution in [3.63, 3.8) is 0 Å². The van der Waals surface area contributed by atoms with Crippen LogP contribution in [0.1, 0.15) is 44.3 Å². The summed E-state index contributed by atoms with van der Waals surface area (Å²) < 4.78 is 7.55. The number of aliphatic hydroxyl groups excluding tert-OH is 1. The molecule has 6 heteroatoms. The van der Waals surface area contributed by atoms with Gasteiger partial charge in [0.15, 0.2) is 5.82 Å². The van der Waals surface area contributed by atoms with Gasteiger partial charge in [0.2, 0.25) is 0 Å². The van der Waals surface area contributed by atoms with Crippen LogP contribution in [-0.2, 0) is 6.61 Å². The Morgan fingerprint density at radius 1 is 1.35 bits per heavy atom. The van der Waals surface area contributed by atoms with E-state index in [1.54, 1.807) is 29.8 Å². The van der Waals surface area contributed by atoms with Crippen molar-refractivity contribution in [2.45, 2.75) is 39.5 Å². The first kappa shape index (κ1) is 14.8. The Hall–Kier alpha value is -1.59. The van der Waals surface area contributed by atoms with Crippen LogP contribution < -0.4 is 4.74 Å². The van der Waals surface area contributed by atoms with Crippen LogP contribution in [0.15, 0.2) is 24.5 Å². The van der Waals surface area contributed by atoms with Crippen molar-refractivity contribution in [2.75, 3.05) is 0 Å². The van der Waals surface area contributed by atoms with E-state index in [1.165, 1.54) is 6.33 Å². The summed E-state index contributed by atoms with van der Waals surface area (Å²) in [5, 5.41) is 14.5. The van der Waals surface area contributed by atoms with Crippen molar-refractivity contribution in [1.29, 1.82) is 0 Å². The number of aromatic nitrogens is 3. The van der Waals surface area contributed by atoms with Gasteiger partial charge in [-0.15, -0.1) is 0 Å². The van der Waals surface area contributed by atoms with Gasteiger partial charge < -0.3 is 9.84 Å². The summed E-state index contributed by atoms with van der Waals surface area (Å²) in [4.78, 5) is 4.18. The summed E-state index contributed by atoms with van der Waals surface area (Å²) in [5.41, 5.74) is 0.660. The number of hydrogen-bond donors (Lipinski definition) is 1. The monoisotopic (exact) mass is 295 g/mol. The standard InChI is InChI=1S/C14H18ClN3O2/c1-9(2)18-14(16-8-17-18)7-20-13-5-4-11(15)6-12(13)10(3)19/h4-6,8-10,19H,7H2,1-3H3/t10-/m0/s1. The van der Waals surface area contributed by atoms with Gasteiger partial charge in [-0.3, -0.25) is 0 Å². The molecule has 0 spiro atoms. The van der Waals surface area contributed by atoms with Crippen molar-refractivity contribution < 1.29 is 9.84 Å². The number of aliphatic hydroxyl groups is 1. The highest BCUT2D eigenvalue weighted by molar-refractivity contribution is 6.30. The molecule has 0 aliphatic carbocycles. The predicted molar refractivity (Wildman–Crippen MR) is 76.8 cm³/mol. The molecule has 0 aliphatic rings. The SMILES string of the molecule is CC(C)n1ncnc1COc1ccc(Cl)cc1[C@H](C)O. The van der Waals surface area contributed by atoms with Gasteiger partial charge in [0.05, 0.1) is 6.10 Å². The van der Waals surface area contributed by atoms with Gasteiger partial charge in [-0.1, -0.05) is 11.6 Å². The molecule has 0 saturated carbocycles. The summed E-state index contributed by atoms with van der Waals surface area (Å²) in [6.45, 7) is 6.03. The molecule has 0 radical (unpaired) electrons. The van der Waals surface area contributed by atoms with Crippen LogP contribution in [-0.4, -0.2) is 19.9 Å². The smallest absolute Gasteiger partial charge is 0.165 e. The molecule has 0 aliphatic heterocycles. The van der Waals surface area contributed by atoms with Crippen LogP contribution in [0.4, 0.5) is 0 Å². The molecule has 2 rings (SSSR count). The number of rotatable bonds is 5. The first-order chi connectivity index (χ1) is 9.49. The summed E-state index contributed by atoms with van der Waals surface area (Å²) in [7, 11) is 0. The average molecular weight is 296 g/mol. The van der Waals surface area contributed by atoms with Gasteiger partial charge in [0.1, 0.15) is 18.7 Å². The molecule has 1 aromatic heterocycles. The van der Waals surface area contributed by atoms with Gasteiger partial charge >= 0.3 is 0 Å². The molecule has 0 amide bonds. The zero-order valence-electron chi connectivity index (χ0n) is 11.7. The summed E-state index contributed by atoms with van der Waals surface area (Å²) >= 11 is 5.93. The predicted octanol–water partition coefficient (Wildman–Crippen LogP) is 3.14. The number of hydrogen-bond acceptors (Lipinski definition) is 4. The molecule has 2 aromatic rings. The first-order valence-corrected chi connectivity index (χ1v) is 6.85. The molecule has 1 aromatic carbocycles. The van der Waals surface area contributed by atoms with Crippen molar-refractivity contribution in [2.24, 2.45) is 0 Å². The van der Waals surface area contributed by atoms with E-state index in [0.29, 0.717) is 22.9 Å². The Bertz CT molecular complexity index is 582. The maximum Gasteiger partial charge on any atom is 0.165 e. The van der Waals surface area contributed by atoms with Gasteiger partial charge in [0, 0.05) is 16.6 Å². The summed E-state index contributed by atoms with van der Waals surface area (Å²) in [5.74, 6) is 1.34. The summed E-state index contributed by atoms with van der Waals surface area (Å²) in [6.07, 6.45) is 0.863. The van der Waals surface area contributed by atoms with Crippen molar-refractivity contribution in [3.05, 3.63) is 40.9 Å². The highest BCUT2D eigenvalue weighted by Crippen LogP contribution is 2.28. The fraction of sp³-hybridized carbons (Fsp3) is 0.429. The third-order valence-corrected chi connectivity index (χ3v) is 3.15. The molecule has 0 fully saturated rings. The van der Waals surface area contributed by atoms with E-state index in [4.69, 9.17) is 16.3 Å². The Kier molecular flexibility index (Phi) is 4.62. The van der Waals surface area contributed by atoms with E-state index >= 15 is 0 Å². The molecule has 0 unspecified atom stereocenters. The molecule has 5 nitrogen and oxygen atoms in total. The van der Waals surface area contributed by atoms with Crippen LogP contribution in [0.25, 0.3) is 0 Å². The highest BCUT2D eigenvalue weighted by Gasteiger charge is 2.13. The lowest BCUT2D eigenvalue weighted by molar-refractivity contribution is 0.189. The van der Waals surface area contributed by atoms with E-state index in [-0.39, 0.29) is 6.04 Å². The molecule has 1 N–H and O–H groups in total. The number of nitrogens with zero attached hydrogens (tertiary/aromatic N) is 3. The third kappa shape index (κ3) is 3.29. The van der Waals surface area contributed by atoms with Crippen molar-refractivity contribution >= 4 is 11.6 Å². The largest absolute Gasteiger partial charge is 0.485 e. The van der Waals surface area contributed by atoms with Crippen LogP contribution in [0, 0.1) is 0 Å². The summed E-state index contributed by atoms with van der Waals surface area (Å²) in [6, 6.07) is 5.41. The zero-order valence-corrected chi connectivity index (χ0v) is 12.5. The molecule has 0 bridgehead atoms. The molecular weight excluding hydrogens is 278 g/mol. The molecule has 1 atom stereocenters. The normalized spacial score (nSPS) is 12.7. The maximum absolute atomic E-state index is 9.76. The van der Waals surface area contributed by atoms with Crippen LogP contribution in [0.2, 0.25) is 5.02 Å². The Morgan fingerprint density at radius 3 is 2.75 bits per heavy atom. The third-order valence-electron chi connectivity index (χ3n) is 2.92. The zero-order chi connectivity index (χ0) is 14.7. The molecule has 20 heavy (non-hydrogen) atoms. The minimum absolute atomic E-state index is 0.220. The van der Waals surface area contributed by atoms with E-state index in [9.17, 15) is 5.11 Å². The van der Waals surface area contributed by atoms with Gasteiger partial charge in [-0.05, 0) is 39.0 Å². The van der Waals surface area contributed by atoms with E-state index < -0.39 is 6.10 Å². The fourth-order valence-corrected chi connectivity index (χ4v) is 2.11. The van der Waals surface area contributed by atoms with Crippen molar-refractivity contribution in [3.8, 4) is 5.75 Å². The average Bonchev–Trinajstić information content (AvgIpc) is 2.85. The van der Waals surface area contributed by atoms with Crippen LogP contribution in [0.5, 0.6) is 5.75 Å². The topological polar surface area (TPSA) is 60.2 Å². The maximum atomic E-state index is 9.76. The molecular formula is C14H18ClN3O2. The second-order valence-electron chi connectivity index (χ2n) is 4.86. The minimum atomic E-state index is -0.647. The van der Waals surface area contributed by atoms with E-state index in [2.05, 4.69) is 10.1 Å². The minimum Gasteiger partial charge on any atom is -0.485 e. The van der Waals surface area contributed by atoms with Gasteiger partial charge in [-0.25, -0.2) is 9.67 Å². The molecule has 0 saturated heterocycles. The number of halogens is 1. The number of benzene rings is 1. The second-order valence-corrected chi connectivity index (χ2v) is 5.30. The van der Waals surface area contributed by atoms with Crippen molar-refractivity contribution in [1.82, 2.24) is 14.8 Å². The van der Waals surface area contributed by atoms with Gasteiger partial charge in [-0.2, -0.15) is 5.10 Å². The van der Waals surface area contributed by atoms with E-state index in [0.717, 1.165) is 5.82 Å². The Labute approximate surface area is 123 Å². The second kappa shape index (κ2) is 6.24. The molecule has 108 valence electrons. The van der Waals surface area contributed by atoms with Gasteiger partial charge in [0.25, 0.3) is 0 Å². The van der Waals surface area contributed by atoms with E-state index in [1.807, 2.05) is 13.8 Å². The highest BCUT2D eigenvalue weighted by atomic mass is 35.5. The fourth-order valence-electron chi connectivity index (χ4n) is 1.93. The molecule has 1 heterocycles. The lowest BCUT2D eigenvalue weighted by atomic mass is 10.1. The van der Waals surface area contributed by atoms with Crippen LogP contribution in [0.3, 0.4) is 0 Å². The quantitative estimate of drug-likeness (QED) is 0.920. The number of ether oxygens (including phenoxy) is 1. The lowest BCUT2D eigenvalue weighted by Crippen LogP contribution is -2.11. The first-order valence-electron chi connectivity index (χ1n) is 6.47. The lowest BCUT2D eigenvalue weighted by Gasteiger charge is -2.14.